The summed E-state index contributed by atoms with van der Waals surface area (Å²) in [6, 6.07) is 11.3. The van der Waals surface area contributed by atoms with Gasteiger partial charge in [0.25, 0.3) is 0 Å². The molecule has 3 aromatic heterocycles. The summed E-state index contributed by atoms with van der Waals surface area (Å²) in [7, 11) is 0. The number of aliphatic imine (C=N–C) groups is 1. The molecule has 0 fully saturated rings. The lowest BCUT2D eigenvalue weighted by Gasteiger charge is -2.02. The van der Waals surface area contributed by atoms with Gasteiger partial charge in [-0.3, -0.25) is 9.79 Å². The first-order chi connectivity index (χ1) is 14.0. The van der Waals surface area contributed by atoms with E-state index in [0.717, 1.165) is 19.8 Å². The zero-order valence-corrected chi connectivity index (χ0v) is 18.3. The third-order valence-electron chi connectivity index (χ3n) is 4.17. The Hall–Kier alpha value is -2.69. The number of H-pyrrole nitrogens is 1. The average molecular weight is 488 g/mol. The number of thiophene rings is 2. The standard InChI is InChI=1S/C19H14BrN5O2S2/c1-10(13-9-28-18(17(13)27)11-2-4-12(20)5-3-11)21-8-14(26)15-6-7-16(29-15)19-22-24-25-23-19/h2-7,9,27H,8H2,1H3,(H,22,23,24,25). The van der Waals surface area contributed by atoms with Crippen molar-refractivity contribution in [1.82, 2.24) is 20.6 Å². The largest absolute Gasteiger partial charge is 0.506 e. The quantitative estimate of drug-likeness (QED) is 0.299. The van der Waals surface area contributed by atoms with Gasteiger partial charge in [-0.15, -0.1) is 32.9 Å². The Morgan fingerprint density at radius 3 is 2.76 bits per heavy atom. The van der Waals surface area contributed by atoms with Crippen molar-refractivity contribution in [2.75, 3.05) is 6.54 Å². The van der Waals surface area contributed by atoms with Crippen molar-refractivity contribution in [2.24, 2.45) is 4.99 Å². The molecule has 0 unspecified atom stereocenters. The summed E-state index contributed by atoms with van der Waals surface area (Å²) in [6.07, 6.45) is 0. The molecule has 29 heavy (non-hydrogen) atoms. The SMILES string of the molecule is CC(=NCC(=O)c1ccc(-c2nn[nH]n2)s1)c1csc(-c2ccc(Br)cc2)c1O. The number of carbonyl (C=O) groups is 1. The minimum atomic E-state index is -0.105. The van der Waals surface area contributed by atoms with Gasteiger partial charge in [0.15, 0.2) is 5.78 Å². The fourth-order valence-electron chi connectivity index (χ4n) is 2.64. The van der Waals surface area contributed by atoms with Crippen molar-refractivity contribution in [3.05, 3.63) is 56.7 Å². The molecule has 7 nitrogen and oxygen atoms in total. The summed E-state index contributed by atoms with van der Waals surface area (Å²) in [5, 5.41) is 26.2. The van der Waals surface area contributed by atoms with E-state index in [0.29, 0.717) is 22.0 Å². The molecule has 0 bridgehead atoms. The van der Waals surface area contributed by atoms with Crippen molar-refractivity contribution in [2.45, 2.75) is 6.92 Å². The van der Waals surface area contributed by atoms with Gasteiger partial charge in [-0.25, -0.2) is 0 Å². The third-order valence-corrected chi connectivity index (χ3v) is 6.84. The summed E-state index contributed by atoms with van der Waals surface area (Å²) in [5.41, 5.74) is 2.18. The van der Waals surface area contributed by atoms with Crippen molar-refractivity contribution < 1.29 is 9.90 Å². The third kappa shape index (κ3) is 4.19. The minimum Gasteiger partial charge on any atom is -0.506 e. The van der Waals surface area contributed by atoms with E-state index in [1.54, 1.807) is 19.1 Å². The molecule has 0 amide bonds. The number of Topliss-reactive ketones (excluding diaryl/α,β-unsaturated/α-hetero) is 1. The first-order valence-electron chi connectivity index (χ1n) is 8.47. The van der Waals surface area contributed by atoms with Gasteiger partial charge in [-0.1, -0.05) is 28.1 Å². The van der Waals surface area contributed by atoms with Crippen molar-refractivity contribution >= 4 is 50.1 Å². The molecule has 0 saturated heterocycles. The van der Waals surface area contributed by atoms with Crippen LogP contribution in [0.5, 0.6) is 5.75 Å². The van der Waals surface area contributed by atoms with Crippen LogP contribution in [0.25, 0.3) is 21.1 Å². The Labute approximate surface area is 182 Å². The highest BCUT2D eigenvalue weighted by Crippen LogP contribution is 2.39. The Balaban J connectivity index is 1.49. The maximum Gasteiger partial charge on any atom is 0.214 e. The van der Waals surface area contributed by atoms with Gasteiger partial charge in [-0.05, 0) is 42.0 Å². The summed E-state index contributed by atoms with van der Waals surface area (Å²) >= 11 is 6.15. The number of nitrogens with zero attached hydrogens (tertiary/aromatic N) is 4. The zero-order valence-electron chi connectivity index (χ0n) is 15.1. The summed E-state index contributed by atoms with van der Waals surface area (Å²) < 4.78 is 0.977. The number of tetrazole rings is 1. The van der Waals surface area contributed by atoms with Crippen LogP contribution in [-0.2, 0) is 0 Å². The van der Waals surface area contributed by atoms with E-state index < -0.39 is 0 Å². The number of carbonyl (C=O) groups excluding carboxylic acids is 1. The molecule has 0 spiro atoms. The van der Waals surface area contributed by atoms with Gasteiger partial charge >= 0.3 is 0 Å². The van der Waals surface area contributed by atoms with Gasteiger partial charge in [0.2, 0.25) is 5.82 Å². The zero-order chi connectivity index (χ0) is 20.4. The molecule has 0 saturated carbocycles. The maximum absolute atomic E-state index is 12.5. The lowest BCUT2D eigenvalue weighted by Crippen LogP contribution is -2.04. The molecule has 0 radical (unpaired) electrons. The van der Waals surface area contributed by atoms with Crippen molar-refractivity contribution in [3.63, 3.8) is 0 Å². The molecule has 146 valence electrons. The average Bonchev–Trinajstić information content (AvgIpc) is 3.47. The number of benzene rings is 1. The van der Waals surface area contributed by atoms with E-state index in [9.17, 15) is 9.90 Å². The Bertz CT molecular complexity index is 1180. The second-order valence-electron chi connectivity index (χ2n) is 6.06. The fraction of sp³-hybridized carbons (Fsp3) is 0.105. The molecular weight excluding hydrogens is 474 g/mol. The van der Waals surface area contributed by atoms with E-state index in [2.05, 4.69) is 41.5 Å². The first kappa shape index (κ1) is 19.6. The summed E-state index contributed by atoms with van der Waals surface area (Å²) in [5.74, 6) is 0.533. The number of hydrogen-bond donors (Lipinski definition) is 2. The Morgan fingerprint density at radius 2 is 2.03 bits per heavy atom. The van der Waals surface area contributed by atoms with Crippen LogP contribution in [-0.4, -0.2) is 43.8 Å². The van der Waals surface area contributed by atoms with Gasteiger partial charge in [0, 0.05) is 21.1 Å². The molecule has 0 aliphatic heterocycles. The number of aromatic amines is 1. The van der Waals surface area contributed by atoms with E-state index in [-0.39, 0.29) is 18.1 Å². The van der Waals surface area contributed by atoms with E-state index in [4.69, 9.17) is 0 Å². The highest BCUT2D eigenvalue weighted by Gasteiger charge is 2.16. The summed E-state index contributed by atoms with van der Waals surface area (Å²) in [6.45, 7) is 1.79. The van der Waals surface area contributed by atoms with Gasteiger partial charge in [0.1, 0.15) is 12.3 Å². The van der Waals surface area contributed by atoms with E-state index >= 15 is 0 Å². The lowest BCUT2D eigenvalue weighted by molar-refractivity contribution is 0.101. The fourth-order valence-corrected chi connectivity index (χ4v) is 4.78. The predicted molar refractivity (Wildman–Crippen MR) is 118 cm³/mol. The normalized spacial score (nSPS) is 11.7. The molecule has 0 aliphatic rings. The van der Waals surface area contributed by atoms with E-state index in [1.807, 2.05) is 29.6 Å². The van der Waals surface area contributed by atoms with Crippen LogP contribution in [0.4, 0.5) is 0 Å². The second kappa shape index (κ2) is 8.36. The lowest BCUT2D eigenvalue weighted by atomic mass is 10.1. The predicted octanol–water partition coefficient (Wildman–Crippen LogP) is 4.82. The highest BCUT2D eigenvalue weighted by atomic mass is 79.9. The van der Waals surface area contributed by atoms with E-state index in [1.165, 1.54) is 22.7 Å². The van der Waals surface area contributed by atoms with Crippen molar-refractivity contribution in [3.8, 4) is 26.9 Å². The molecule has 3 heterocycles. The summed E-state index contributed by atoms with van der Waals surface area (Å²) in [4.78, 5) is 19.0. The minimum absolute atomic E-state index is 0.000927. The second-order valence-corrected chi connectivity index (χ2v) is 8.94. The molecule has 1 aromatic carbocycles. The Kier molecular flexibility index (Phi) is 5.65. The van der Waals surface area contributed by atoms with Crippen LogP contribution in [0, 0.1) is 0 Å². The number of halogens is 1. The smallest absolute Gasteiger partial charge is 0.214 e. The number of rotatable bonds is 6. The van der Waals surface area contributed by atoms with Crippen LogP contribution in [0.1, 0.15) is 22.2 Å². The molecule has 0 atom stereocenters. The van der Waals surface area contributed by atoms with Crippen LogP contribution in [0.2, 0.25) is 0 Å². The van der Waals surface area contributed by atoms with Crippen LogP contribution in [0.15, 0.2) is 51.2 Å². The number of aromatic hydroxyl groups is 1. The molecule has 4 rings (SSSR count). The van der Waals surface area contributed by atoms with Gasteiger partial charge in [-0.2, -0.15) is 5.21 Å². The number of ketones is 1. The maximum atomic E-state index is 12.5. The molecule has 2 N–H and O–H groups in total. The molecular formula is C19H14BrN5O2S2. The van der Waals surface area contributed by atoms with Crippen molar-refractivity contribution in [1.29, 1.82) is 0 Å². The Morgan fingerprint density at radius 1 is 1.24 bits per heavy atom. The monoisotopic (exact) mass is 487 g/mol. The number of aromatic nitrogens is 4. The first-order valence-corrected chi connectivity index (χ1v) is 11.0. The van der Waals surface area contributed by atoms with Crippen LogP contribution >= 0.6 is 38.6 Å². The number of nitrogens with one attached hydrogen (secondary N) is 1. The van der Waals surface area contributed by atoms with Crippen LogP contribution in [0.3, 0.4) is 0 Å². The number of hydrogen-bond acceptors (Lipinski definition) is 8. The van der Waals surface area contributed by atoms with Gasteiger partial charge < -0.3 is 5.11 Å². The molecule has 10 heteroatoms. The topological polar surface area (TPSA) is 104 Å². The molecule has 0 aliphatic carbocycles. The highest BCUT2D eigenvalue weighted by molar-refractivity contribution is 9.10. The van der Waals surface area contributed by atoms with Gasteiger partial charge in [0.05, 0.1) is 14.6 Å². The molecule has 4 aromatic rings. The van der Waals surface area contributed by atoms with Crippen LogP contribution < -0.4 is 0 Å².